The highest BCUT2D eigenvalue weighted by Crippen LogP contribution is 2.27. The van der Waals surface area contributed by atoms with Gasteiger partial charge in [0, 0.05) is 18.2 Å². The Kier molecular flexibility index (Phi) is 2.99. The lowest BCUT2D eigenvalue weighted by atomic mass is 9.89. The number of carbonyl (C=O) groups is 1. The van der Waals surface area contributed by atoms with E-state index in [1.807, 2.05) is 6.33 Å². The second-order valence-corrected chi connectivity index (χ2v) is 4.60. The number of ether oxygens (including phenoxy) is 1. The summed E-state index contributed by atoms with van der Waals surface area (Å²) in [6.45, 7) is 4.26. The highest BCUT2D eigenvalue weighted by molar-refractivity contribution is 5.73. The van der Waals surface area contributed by atoms with Gasteiger partial charge in [0.15, 0.2) is 0 Å². The second-order valence-electron chi connectivity index (χ2n) is 4.60. The number of rotatable bonds is 2. The lowest BCUT2D eigenvalue weighted by molar-refractivity contribution is -0.145. The van der Waals surface area contributed by atoms with Gasteiger partial charge in [-0.25, -0.2) is 4.98 Å². The minimum Gasteiger partial charge on any atom is -0.469 e. The van der Waals surface area contributed by atoms with E-state index >= 15 is 0 Å². The van der Waals surface area contributed by atoms with Crippen LogP contribution in [0.3, 0.4) is 0 Å². The van der Waals surface area contributed by atoms with Crippen molar-refractivity contribution < 1.29 is 9.53 Å². The van der Waals surface area contributed by atoms with Gasteiger partial charge in [-0.05, 0) is 26.7 Å². The van der Waals surface area contributed by atoms with Crippen LogP contribution in [0.5, 0.6) is 0 Å². The Labute approximate surface area is 95.6 Å². The molecule has 0 saturated heterocycles. The van der Waals surface area contributed by atoms with E-state index in [4.69, 9.17) is 4.74 Å². The van der Waals surface area contributed by atoms with Crippen LogP contribution < -0.4 is 0 Å². The molecular weight excluding hydrogens is 204 g/mol. The van der Waals surface area contributed by atoms with Crippen molar-refractivity contribution in [3.63, 3.8) is 0 Å². The first-order chi connectivity index (χ1) is 7.63. The van der Waals surface area contributed by atoms with Gasteiger partial charge in [-0.15, -0.1) is 0 Å². The molecule has 2 rings (SSSR count). The summed E-state index contributed by atoms with van der Waals surface area (Å²) in [5.74, 6) is -0.0890. The highest BCUT2D eigenvalue weighted by atomic mass is 16.5. The van der Waals surface area contributed by atoms with Crippen LogP contribution in [0.25, 0.3) is 0 Å². The number of aryl methyl sites for hydroxylation is 1. The molecule has 4 nitrogen and oxygen atoms in total. The van der Waals surface area contributed by atoms with E-state index < -0.39 is 0 Å². The fourth-order valence-electron chi connectivity index (χ4n) is 2.32. The van der Waals surface area contributed by atoms with Crippen molar-refractivity contribution in [2.45, 2.75) is 39.2 Å². The Morgan fingerprint density at radius 3 is 3.00 bits per heavy atom. The molecule has 1 aromatic rings. The number of imidazole rings is 1. The van der Waals surface area contributed by atoms with Crippen molar-refractivity contribution in [2.24, 2.45) is 5.92 Å². The van der Waals surface area contributed by atoms with Gasteiger partial charge >= 0.3 is 5.97 Å². The molecule has 16 heavy (non-hydrogen) atoms. The molecule has 1 unspecified atom stereocenters. The number of aromatic nitrogens is 2. The van der Waals surface area contributed by atoms with Crippen LogP contribution in [-0.2, 0) is 22.4 Å². The normalized spacial score (nSPS) is 19.6. The molecule has 0 spiro atoms. The maximum Gasteiger partial charge on any atom is 0.309 e. The van der Waals surface area contributed by atoms with Gasteiger partial charge in [-0.1, -0.05) is 0 Å². The Bertz CT molecular complexity index is 396. The van der Waals surface area contributed by atoms with Gasteiger partial charge in [0.05, 0.1) is 25.0 Å². The van der Waals surface area contributed by atoms with Gasteiger partial charge in [0.25, 0.3) is 0 Å². The molecule has 1 aromatic heterocycles. The van der Waals surface area contributed by atoms with E-state index in [1.54, 1.807) is 0 Å². The molecule has 1 aliphatic rings. The second kappa shape index (κ2) is 4.28. The molecule has 1 aliphatic carbocycles. The lowest BCUT2D eigenvalue weighted by Gasteiger charge is -2.22. The number of fused-ring (bicyclic) bond motifs is 1. The number of esters is 1. The van der Waals surface area contributed by atoms with E-state index in [-0.39, 0.29) is 11.9 Å². The summed E-state index contributed by atoms with van der Waals surface area (Å²) in [6, 6.07) is 0.396. The average molecular weight is 222 g/mol. The molecule has 0 fully saturated rings. The molecule has 0 aromatic carbocycles. The van der Waals surface area contributed by atoms with Crippen molar-refractivity contribution in [1.82, 2.24) is 9.55 Å². The van der Waals surface area contributed by atoms with Gasteiger partial charge < -0.3 is 9.30 Å². The predicted molar refractivity (Wildman–Crippen MR) is 60.1 cm³/mol. The van der Waals surface area contributed by atoms with E-state index in [9.17, 15) is 4.79 Å². The van der Waals surface area contributed by atoms with Gasteiger partial charge in [0.1, 0.15) is 0 Å². The molecular formula is C12H18N2O2. The van der Waals surface area contributed by atoms with E-state index in [1.165, 1.54) is 12.8 Å². The van der Waals surface area contributed by atoms with Crippen LogP contribution in [0.4, 0.5) is 0 Å². The van der Waals surface area contributed by atoms with Crippen LogP contribution in [0.2, 0.25) is 0 Å². The molecule has 88 valence electrons. The Morgan fingerprint density at radius 2 is 2.38 bits per heavy atom. The summed E-state index contributed by atoms with van der Waals surface area (Å²) >= 11 is 0. The van der Waals surface area contributed by atoms with E-state index in [0.29, 0.717) is 6.04 Å². The Hall–Kier alpha value is -1.32. The summed E-state index contributed by atoms with van der Waals surface area (Å²) in [5.41, 5.74) is 2.35. The average Bonchev–Trinajstić information content (AvgIpc) is 2.70. The molecule has 0 N–H and O–H groups in total. The smallest absolute Gasteiger partial charge is 0.309 e. The van der Waals surface area contributed by atoms with Crippen LogP contribution in [-0.4, -0.2) is 22.6 Å². The molecule has 0 radical (unpaired) electrons. The maximum absolute atomic E-state index is 11.5. The molecule has 0 bridgehead atoms. The van der Waals surface area contributed by atoms with E-state index in [2.05, 4.69) is 23.4 Å². The molecule has 4 heteroatoms. The third kappa shape index (κ3) is 1.84. The Morgan fingerprint density at radius 1 is 1.62 bits per heavy atom. The zero-order chi connectivity index (χ0) is 11.7. The number of methoxy groups -OCH3 is 1. The predicted octanol–water partition coefficient (Wildman–Crippen LogP) is 1.74. The standard InChI is InChI=1S/C12H18N2O2/c1-8(2)14-7-13-10-5-4-9(6-11(10)14)12(15)16-3/h7-9H,4-6H2,1-3H3. The third-order valence-electron chi connectivity index (χ3n) is 3.24. The monoisotopic (exact) mass is 222 g/mol. The first-order valence-corrected chi connectivity index (χ1v) is 5.76. The molecule has 1 atom stereocenters. The zero-order valence-electron chi connectivity index (χ0n) is 10.1. The van der Waals surface area contributed by atoms with Gasteiger partial charge in [0.2, 0.25) is 0 Å². The molecule has 0 amide bonds. The van der Waals surface area contributed by atoms with Crippen LogP contribution in [0.1, 0.15) is 37.7 Å². The molecule has 1 heterocycles. The SMILES string of the molecule is COC(=O)C1CCc2ncn(C(C)C)c2C1. The van der Waals surface area contributed by atoms with Crippen LogP contribution in [0.15, 0.2) is 6.33 Å². The highest BCUT2D eigenvalue weighted by Gasteiger charge is 2.28. The maximum atomic E-state index is 11.5. The number of carbonyl (C=O) groups excluding carboxylic acids is 1. The fraction of sp³-hybridized carbons (Fsp3) is 0.667. The summed E-state index contributed by atoms with van der Waals surface area (Å²) in [6.07, 6.45) is 4.39. The van der Waals surface area contributed by atoms with Crippen LogP contribution in [0, 0.1) is 5.92 Å². The van der Waals surface area contributed by atoms with Crippen LogP contribution >= 0.6 is 0 Å². The van der Waals surface area contributed by atoms with Crippen molar-refractivity contribution in [2.75, 3.05) is 7.11 Å². The van der Waals surface area contributed by atoms with Crippen molar-refractivity contribution in [3.05, 3.63) is 17.7 Å². The van der Waals surface area contributed by atoms with Crippen molar-refractivity contribution in [3.8, 4) is 0 Å². The summed E-state index contributed by atoms with van der Waals surface area (Å²) in [7, 11) is 1.46. The van der Waals surface area contributed by atoms with Crippen molar-refractivity contribution >= 4 is 5.97 Å². The quantitative estimate of drug-likeness (QED) is 0.716. The Balaban J connectivity index is 2.24. The van der Waals surface area contributed by atoms with Gasteiger partial charge in [-0.3, -0.25) is 4.79 Å². The minimum atomic E-state index is -0.0952. The number of nitrogens with zero attached hydrogens (tertiary/aromatic N) is 2. The first-order valence-electron chi connectivity index (χ1n) is 5.76. The third-order valence-corrected chi connectivity index (χ3v) is 3.24. The zero-order valence-corrected chi connectivity index (χ0v) is 10.1. The summed E-state index contributed by atoms with van der Waals surface area (Å²) in [4.78, 5) is 15.9. The topological polar surface area (TPSA) is 44.1 Å². The van der Waals surface area contributed by atoms with Gasteiger partial charge in [-0.2, -0.15) is 0 Å². The summed E-state index contributed by atoms with van der Waals surface area (Å²) in [5, 5.41) is 0. The number of hydrogen-bond acceptors (Lipinski definition) is 3. The minimum absolute atomic E-state index is 0.00620. The fourth-order valence-corrected chi connectivity index (χ4v) is 2.32. The lowest BCUT2D eigenvalue weighted by Crippen LogP contribution is -2.25. The number of hydrogen-bond donors (Lipinski definition) is 0. The molecule has 0 saturated carbocycles. The largest absolute Gasteiger partial charge is 0.469 e. The van der Waals surface area contributed by atoms with Crippen molar-refractivity contribution in [1.29, 1.82) is 0 Å². The van der Waals surface area contributed by atoms with E-state index in [0.717, 1.165) is 25.0 Å². The molecule has 0 aliphatic heterocycles. The first kappa shape index (κ1) is 11.2. The summed E-state index contributed by atoms with van der Waals surface area (Å²) < 4.78 is 6.97.